The average molecular weight is 549 g/mol. The molecule has 3 aromatic rings. The third-order valence-corrected chi connectivity index (χ3v) is 6.85. The monoisotopic (exact) mass is 547 g/mol. The van der Waals surface area contributed by atoms with Gasteiger partial charge >= 0.3 is 11.3 Å². The molecule has 0 spiro atoms. The van der Waals surface area contributed by atoms with Crippen molar-refractivity contribution in [2.75, 3.05) is 17.8 Å². The van der Waals surface area contributed by atoms with Crippen LogP contribution in [0.5, 0.6) is 5.75 Å². The molecule has 0 bridgehead atoms. The van der Waals surface area contributed by atoms with Gasteiger partial charge in [-0.25, -0.2) is 4.90 Å². The van der Waals surface area contributed by atoms with Crippen molar-refractivity contribution in [3.63, 3.8) is 0 Å². The molecule has 0 fully saturated rings. The first kappa shape index (κ1) is 23.5. The molecule has 1 aliphatic heterocycles. The van der Waals surface area contributed by atoms with Crippen molar-refractivity contribution in [2.45, 2.75) is 24.7 Å². The van der Waals surface area contributed by atoms with Crippen molar-refractivity contribution < 1.29 is 14.2 Å². The summed E-state index contributed by atoms with van der Waals surface area (Å²) in [5, 5.41) is 5.60. The van der Waals surface area contributed by atoms with Gasteiger partial charge in [0.25, 0.3) is 6.17 Å². The summed E-state index contributed by atoms with van der Waals surface area (Å²) >= 11 is 11.3. The summed E-state index contributed by atoms with van der Waals surface area (Å²) in [5.41, 5.74) is 1.86. The number of aromatic nitrogens is 3. The maximum Gasteiger partial charge on any atom is 0.325 e. The summed E-state index contributed by atoms with van der Waals surface area (Å²) in [6, 6.07) is 10.7. The zero-order valence-electron chi connectivity index (χ0n) is 18.0. The normalized spacial score (nSPS) is 14.4. The molecule has 2 aromatic carbocycles. The quantitative estimate of drug-likeness (QED) is 0.274. The maximum absolute atomic E-state index is 13.3. The predicted octanol–water partition coefficient (Wildman–Crippen LogP) is 4.73. The fraction of sp³-hybridized carbons (Fsp3) is 0.217. The van der Waals surface area contributed by atoms with E-state index in [1.807, 2.05) is 24.3 Å². The molecule has 7 nitrogen and oxygen atoms in total. The van der Waals surface area contributed by atoms with E-state index in [1.165, 1.54) is 11.8 Å². The Morgan fingerprint density at radius 1 is 1.42 bits per heavy atom. The van der Waals surface area contributed by atoms with Crippen LogP contribution in [0.1, 0.15) is 25.1 Å². The number of amides is 1. The van der Waals surface area contributed by atoms with Crippen LogP contribution in [-0.4, -0.2) is 28.9 Å². The van der Waals surface area contributed by atoms with E-state index in [2.05, 4.69) is 27.5 Å². The van der Waals surface area contributed by atoms with Gasteiger partial charge in [0.2, 0.25) is 11.1 Å². The van der Waals surface area contributed by atoms with Gasteiger partial charge < -0.3 is 4.74 Å². The molecule has 10 heteroatoms. The highest BCUT2D eigenvalue weighted by Gasteiger charge is 2.47. The minimum absolute atomic E-state index is 0.133. The molecule has 1 aromatic heterocycles. The van der Waals surface area contributed by atoms with E-state index in [-0.39, 0.29) is 17.9 Å². The predicted molar refractivity (Wildman–Crippen MR) is 133 cm³/mol. The Balaban J connectivity index is 2.11. The largest absolute Gasteiger partial charge is 0.495 e. The number of ether oxygens (including phenoxy) is 1. The summed E-state index contributed by atoms with van der Waals surface area (Å²) < 4.78 is 7.90. The van der Waals surface area contributed by atoms with Crippen LogP contribution < -0.4 is 19.9 Å². The number of para-hydroxylation sites is 1. The zero-order chi connectivity index (χ0) is 23.7. The van der Waals surface area contributed by atoms with E-state index in [0.717, 1.165) is 0 Å². The van der Waals surface area contributed by atoms with Crippen LogP contribution in [0, 0.1) is 0 Å². The summed E-state index contributed by atoms with van der Waals surface area (Å²) in [6.07, 6.45) is 1.19. The zero-order valence-corrected chi connectivity index (χ0v) is 21.1. The van der Waals surface area contributed by atoms with Crippen molar-refractivity contribution in [1.82, 2.24) is 10.1 Å². The van der Waals surface area contributed by atoms with E-state index in [1.54, 1.807) is 41.8 Å². The number of anilines is 1. The van der Waals surface area contributed by atoms with Crippen LogP contribution in [0.2, 0.25) is 5.02 Å². The molecule has 0 saturated carbocycles. The van der Waals surface area contributed by atoms with Gasteiger partial charge in [-0.3, -0.25) is 14.6 Å². The van der Waals surface area contributed by atoms with Gasteiger partial charge in [-0.1, -0.05) is 48.5 Å². The second-order valence-electron chi connectivity index (χ2n) is 7.17. The number of carbonyl (C=O) groups is 1. The third kappa shape index (κ3) is 4.20. The highest BCUT2D eigenvalue weighted by molar-refractivity contribution is 9.10. The summed E-state index contributed by atoms with van der Waals surface area (Å²) in [7, 11) is 1.54. The maximum atomic E-state index is 13.3. The van der Waals surface area contributed by atoms with E-state index >= 15 is 0 Å². The number of benzene rings is 2. The number of thioether (sulfide) groups is 1. The van der Waals surface area contributed by atoms with Crippen LogP contribution in [0.3, 0.4) is 0 Å². The van der Waals surface area contributed by atoms with Crippen LogP contribution in [0.4, 0.5) is 5.69 Å². The number of fused-ring (bicyclic) bond motifs is 3. The number of hydrogen-bond donors (Lipinski definition) is 1. The lowest BCUT2D eigenvalue weighted by Crippen LogP contribution is -2.61. The lowest BCUT2D eigenvalue weighted by molar-refractivity contribution is -0.763. The molecule has 0 saturated heterocycles. The smallest absolute Gasteiger partial charge is 0.325 e. The Hall–Kier alpha value is -2.62. The molecule has 1 atom stereocenters. The second-order valence-corrected chi connectivity index (χ2v) is 9.47. The molecule has 1 amide bonds. The van der Waals surface area contributed by atoms with Gasteiger partial charge in [0.15, 0.2) is 0 Å². The van der Waals surface area contributed by atoms with E-state index in [0.29, 0.717) is 48.7 Å². The standard InChI is InChI=1S/C23H20BrClN4O3S/c1-4-10-33-23-26-21(31)19-14-8-6-7-9-17(14)28(18(30)5-2)22(29(19)27-23)15-11-13(25)12-16(24)20(15)32-3/h4,6-9,11-12,22H,1,5,10H2,2-3H3/p+1. The lowest BCUT2D eigenvalue weighted by atomic mass is 10.0. The van der Waals surface area contributed by atoms with Gasteiger partial charge in [-0.05, 0) is 44.9 Å². The topological polar surface area (TPSA) is 79.2 Å². The Morgan fingerprint density at radius 3 is 2.88 bits per heavy atom. The first-order chi connectivity index (χ1) is 15.9. The highest BCUT2D eigenvalue weighted by atomic mass is 79.9. The van der Waals surface area contributed by atoms with Crippen molar-refractivity contribution >= 4 is 50.9 Å². The van der Waals surface area contributed by atoms with Crippen molar-refractivity contribution in [2.24, 2.45) is 0 Å². The van der Waals surface area contributed by atoms with Crippen LogP contribution in [0.15, 0.2) is 63.5 Å². The van der Waals surface area contributed by atoms with Crippen molar-refractivity contribution in [1.29, 1.82) is 0 Å². The van der Waals surface area contributed by atoms with Gasteiger partial charge in [-0.15, -0.1) is 6.58 Å². The molecule has 2 heterocycles. The number of methoxy groups -OCH3 is 1. The first-order valence-electron chi connectivity index (χ1n) is 10.2. The van der Waals surface area contributed by atoms with E-state index in [4.69, 9.17) is 21.4 Å². The van der Waals surface area contributed by atoms with Crippen LogP contribution in [0.25, 0.3) is 11.3 Å². The van der Waals surface area contributed by atoms with Gasteiger partial charge in [0.1, 0.15) is 5.75 Å². The number of halogens is 2. The second kappa shape index (κ2) is 9.70. The Morgan fingerprint density at radius 2 is 2.18 bits per heavy atom. The van der Waals surface area contributed by atoms with Gasteiger partial charge in [0.05, 0.1) is 28.4 Å². The molecule has 33 heavy (non-hydrogen) atoms. The number of H-pyrrole nitrogens is 1. The lowest BCUT2D eigenvalue weighted by Gasteiger charge is -2.32. The number of hydrogen-bond acceptors (Lipinski definition) is 5. The number of nitrogens with zero attached hydrogens (tertiary/aromatic N) is 3. The number of rotatable bonds is 6. The van der Waals surface area contributed by atoms with Gasteiger partial charge in [-0.2, -0.15) is 0 Å². The van der Waals surface area contributed by atoms with E-state index in [9.17, 15) is 9.59 Å². The SMILES string of the molecule is C=CCSc1n[n+]2c(c(=O)[nH]1)-c1ccccc1N(C(=O)CC)C2c1cc(Cl)cc(Br)c1OC. The number of aromatic amines is 1. The Kier molecular flexibility index (Phi) is 6.92. The molecule has 4 rings (SSSR count). The molecule has 0 radical (unpaired) electrons. The molecular formula is C23H21BrClN4O3S+. The minimum atomic E-state index is -0.794. The van der Waals surface area contributed by atoms with Crippen LogP contribution >= 0.6 is 39.3 Å². The van der Waals surface area contributed by atoms with E-state index < -0.39 is 6.17 Å². The number of carbonyl (C=O) groups excluding carboxylic acids is 1. The van der Waals surface area contributed by atoms with Crippen LogP contribution in [-0.2, 0) is 4.79 Å². The third-order valence-electron chi connectivity index (χ3n) is 5.19. The minimum Gasteiger partial charge on any atom is -0.495 e. The molecule has 1 aliphatic rings. The fourth-order valence-corrected chi connectivity index (χ4v) is 5.47. The summed E-state index contributed by atoms with van der Waals surface area (Å²) in [6.45, 7) is 5.53. The number of nitrogens with one attached hydrogen (secondary N) is 1. The molecular weight excluding hydrogens is 528 g/mol. The molecule has 1 unspecified atom stereocenters. The Labute approximate surface area is 208 Å². The van der Waals surface area contributed by atoms with Gasteiger partial charge in [0, 0.05) is 22.3 Å². The Bertz CT molecular complexity index is 1310. The van der Waals surface area contributed by atoms with Crippen molar-refractivity contribution in [3.8, 4) is 17.0 Å². The fourth-order valence-electron chi connectivity index (χ4n) is 3.88. The molecule has 0 aliphatic carbocycles. The summed E-state index contributed by atoms with van der Waals surface area (Å²) in [4.78, 5) is 31.1. The highest BCUT2D eigenvalue weighted by Crippen LogP contribution is 2.43. The molecule has 170 valence electrons. The first-order valence-corrected chi connectivity index (χ1v) is 12.3. The summed E-state index contributed by atoms with van der Waals surface area (Å²) in [5.74, 6) is 0.928. The average Bonchev–Trinajstić information content (AvgIpc) is 2.80. The molecule has 1 N–H and O–H groups in total. The van der Waals surface area contributed by atoms with Crippen molar-refractivity contribution in [3.05, 3.63) is 74.5 Å².